The predicted octanol–water partition coefficient (Wildman–Crippen LogP) is 2.71. The van der Waals surface area contributed by atoms with E-state index in [9.17, 15) is 0 Å². The number of hydrogen-bond donors (Lipinski definition) is 1. The molecule has 0 bridgehead atoms. The first-order valence-electron chi connectivity index (χ1n) is 7.53. The zero-order valence-corrected chi connectivity index (χ0v) is 13.5. The van der Waals surface area contributed by atoms with Crippen LogP contribution >= 0.6 is 0 Å². The molecular weight excluding hydrogens is 248 g/mol. The fourth-order valence-electron chi connectivity index (χ4n) is 2.76. The second kappa shape index (κ2) is 6.15. The first-order valence-corrected chi connectivity index (χ1v) is 7.53. The first kappa shape index (κ1) is 15.3. The molecule has 3 heteroatoms. The minimum absolute atomic E-state index is 0.108. The van der Waals surface area contributed by atoms with E-state index in [4.69, 9.17) is 4.74 Å². The lowest BCUT2D eigenvalue weighted by Crippen LogP contribution is -2.43. The smallest absolute Gasteiger partial charge is 0.122 e. The van der Waals surface area contributed by atoms with Crippen LogP contribution in [0.1, 0.15) is 37.5 Å². The highest BCUT2D eigenvalue weighted by Crippen LogP contribution is 2.34. The zero-order valence-electron chi connectivity index (χ0n) is 13.5. The molecule has 0 spiro atoms. The van der Waals surface area contributed by atoms with Crippen molar-refractivity contribution in [3.05, 3.63) is 28.8 Å². The number of aryl methyl sites for hydroxylation is 1. The minimum Gasteiger partial charge on any atom is -0.496 e. The summed E-state index contributed by atoms with van der Waals surface area (Å²) < 4.78 is 5.57. The van der Waals surface area contributed by atoms with Gasteiger partial charge in [-0.2, -0.15) is 0 Å². The van der Waals surface area contributed by atoms with Gasteiger partial charge in [-0.15, -0.1) is 0 Å². The van der Waals surface area contributed by atoms with Crippen LogP contribution in [0.5, 0.6) is 5.75 Å². The molecule has 0 aromatic heterocycles. The van der Waals surface area contributed by atoms with Gasteiger partial charge in [0.05, 0.1) is 7.11 Å². The van der Waals surface area contributed by atoms with E-state index >= 15 is 0 Å². The SMILES string of the molecule is COc1cc(C)c(CN2CCNCC2)cc1C(C)(C)C. The standard InChI is InChI=1S/C17H28N2O/c1-13-10-16(20-5)15(17(2,3)4)11-14(13)12-19-8-6-18-7-9-19/h10-11,18H,6-9,12H2,1-5H3. The van der Waals surface area contributed by atoms with E-state index in [1.807, 2.05) is 0 Å². The third-order valence-corrected chi connectivity index (χ3v) is 4.07. The summed E-state index contributed by atoms with van der Waals surface area (Å²) in [6.07, 6.45) is 0. The summed E-state index contributed by atoms with van der Waals surface area (Å²) in [5.41, 5.74) is 4.17. The average Bonchev–Trinajstić information content (AvgIpc) is 2.40. The average molecular weight is 276 g/mol. The van der Waals surface area contributed by atoms with E-state index < -0.39 is 0 Å². The molecule has 1 fully saturated rings. The van der Waals surface area contributed by atoms with Gasteiger partial charge in [0.2, 0.25) is 0 Å². The van der Waals surface area contributed by atoms with Crippen LogP contribution in [0.4, 0.5) is 0 Å². The number of nitrogens with zero attached hydrogens (tertiary/aromatic N) is 1. The van der Waals surface area contributed by atoms with Crippen molar-refractivity contribution in [1.29, 1.82) is 0 Å². The fraction of sp³-hybridized carbons (Fsp3) is 0.647. The number of piperazine rings is 1. The quantitative estimate of drug-likeness (QED) is 0.918. The Bertz CT molecular complexity index is 457. The largest absolute Gasteiger partial charge is 0.496 e. The van der Waals surface area contributed by atoms with Gasteiger partial charge in [0.25, 0.3) is 0 Å². The lowest BCUT2D eigenvalue weighted by Gasteiger charge is -2.29. The number of rotatable bonds is 3. The summed E-state index contributed by atoms with van der Waals surface area (Å²) in [6.45, 7) is 14.4. The van der Waals surface area contributed by atoms with Crippen molar-refractivity contribution >= 4 is 0 Å². The second-order valence-corrected chi connectivity index (χ2v) is 6.76. The molecule has 0 unspecified atom stereocenters. The summed E-state index contributed by atoms with van der Waals surface area (Å²) in [5, 5.41) is 3.41. The molecule has 2 rings (SSSR count). The topological polar surface area (TPSA) is 24.5 Å². The zero-order chi connectivity index (χ0) is 14.8. The Morgan fingerprint density at radius 3 is 2.40 bits per heavy atom. The van der Waals surface area contributed by atoms with Gasteiger partial charge in [0.15, 0.2) is 0 Å². The predicted molar refractivity (Wildman–Crippen MR) is 84.6 cm³/mol. The molecule has 3 nitrogen and oxygen atoms in total. The van der Waals surface area contributed by atoms with E-state index in [1.165, 1.54) is 16.7 Å². The summed E-state index contributed by atoms with van der Waals surface area (Å²) in [7, 11) is 1.76. The van der Waals surface area contributed by atoms with Gasteiger partial charge in [0.1, 0.15) is 5.75 Å². The maximum absolute atomic E-state index is 5.57. The van der Waals surface area contributed by atoms with Crippen molar-refractivity contribution in [3.63, 3.8) is 0 Å². The van der Waals surface area contributed by atoms with Crippen LogP contribution in [0.25, 0.3) is 0 Å². The van der Waals surface area contributed by atoms with Crippen LogP contribution in [0, 0.1) is 6.92 Å². The van der Waals surface area contributed by atoms with Crippen LogP contribution in [0.15, 0.2) is 12.1 Å². The van der Waals surface area contributed by atoms with Crippen molar-refractivity contribution in [2.45, 2.75) is 39.7 Å². The van der Waals surface area contributed by atoms with Gasteiger partial charge in [0, 0.05) is 32.7 Å². The second-order valence-electron chi connectivity index (χ2n) is 6.76. The molecule has 1 N–H and O–H groups in total. The van der Waals surface area contributed by atoms with Gasteiger partial charge in [-0.05, 0) is 35.1 Å². The molecule has 1 aliphatic heterocycles. The van der Waals surface area contributed by atoms with Gasteiger partial charge in [-0.25, -0.2) is 0 Å². The van der Waals surface area contributed by atoms with Crippen LogP contribution in [0.2, 0.25) is 0 Å². The van der Waals surface area contributed by atoms with Crippen molar-refractivity contribution in [1.82, 2.24) is 10.2 Å². The number of ether oxygens (including phenoxy) is 1. The highest BCUT2D eigenvalue weighted by Gasteiger charge is 2.21. The highest BCUT2D eigenvalue weighted by molar-refractivity contribution is 5.45. The maximum atomic E-state index is 5.57. The normalized spacial score (nSPS) is 17.2. The highest BCUT2D eigenvalue weighted by atomic mass is 16.5. The minimum atomic E-state index is 0.108. The molecule has 1 saturated heterocycles. The molecule has 0 atom stereocenters. The molecule has 112 valence electrons. The third kappa shape index (κ3) is 3.53. The molecule has 0 amide bonds. The Balaban J connectivity index is 2.28. The van der Waals surface area contributed by atoms with Crippen LogP contribution in [0.3, 0.4) is 0 Å². The number of nitrogens with one attached hydrogen (secondary N) is 1. The van der Waals surface area contributed by atoms with E-state index in [1.54, 1.807) is 7.11 Å². The Kier molecular flexibility index (Phi) is 4.71. The summed E-state index contributed by atoms with van der Waals surface area (Å²) in [6, 6.07) is 4.54. The molecule has 1 aliphatic rings. The van der Waals surface area contributed by atoms with Crippen molar-refractivity contribution in [2.24, 2.45) is 0 Å². The van der Waals surface area contributed by atoms with E-state index in [2.05, 4.69) is 50.0 Å². The molecule has 1 heterocycles. The van der Waals surface area contributed by atoms with Crippen molar-refractivity contribution in [2.75, 3.05) is 33.3 Å². The lowest BCUT2D eigenvalue weighted by atomic mass is 9.84. The summed E-state index contributed by atoms with van der Waals surface area (Å²) in [5.74, 6) is 1.01. The molecule has 20 heavy (non-hydrogen) atoms. The van der Waals surface area contributed by atoms with Gasteiger partial charge >= 0.3 is 0 Å². The van der Waals surface area contributed by atoms with Gasteiger partial charge < -0.3 is 10.1 Å². The maximum Gasteiger partial charge on any atom is 0.122 e. The Morgan fingerprint density at radius 1 is 1.20 bits per heavy atom. The van der Waals surface area contributed by atoms with E-state index in [0.29, 0.717) is 0 Å². The van der Waals surface area contributed by atoms with Gasteiger partial charge in [-0.3, -0.25) is 4.90 Å². The number of methoxy groups -OCH3 is 1. The number of hydrogen-bond acceptors (Lipinski definition) is 3. The molecule has 1 aromatic carbocycles. The lowest BCUT2D eigenvalue weighted by molar-refractivity contribution is 0.232. The van der Waals surface area contributed by atoms with Crippen LogP contribution in [-0.4, -0.2) is 38.2 Å². The third-order valence-electron chi connectivity index (χ3n) is 4.07. The first-order chi connectivity index (χ1) is 9.41. The van der Waals surface area contributed by atoms with Crippen LogP contribution in [-0.2, 0) is 12.0 Å². The molecule has 1 aromatic rings. The fourth-order valence-corrected chi connectivity index (χ4v) is 2.76. The van der Waals surface area contributed by atoms with Crippen molar-refractivity contribution < 1.29 is 4.74 Å². The molecule has 0 aliphatic carbocycles. The Morgan fingerprint density at radius 2 is 1.85 bits per heavy atom. The summed E-state index contributed by atoms with van der Waals surface area (Å²) in [4.78, 5) is 2.53. The molecule has 0 saturated carbocycles. The monoisotopic (exact) mass is 276 g/mol. The Labute approximate surface area is 123 Å². The summed E-state index contributed by atoms with van der Waals surface area (Å²) >= 11 is 0. The van der Waals surface area contributed by atoms with Crippen molar-refractivity contribution in [3.8, 4) is 5.75 Å². The molecule has 0 radical (unpaired) electrons. The van der Waals surface area contributed by atoms with E-state index in [-0.39, 0.29) is 5.41 Å². The number of benzene rings is 1. The molecular formula is C17H28N2O. The van der Waals surface area contributed by atoms with Crippen LogP contribution < -0.4 is 10.1 Å². The Hall–Kier alpha value is -1.06. The van der Waals surface area contributed by atoms with Gasteiger partial charge in [-0.1, -0.05) is 26.8 Å². The van der Waals surface area contributed by atoms with E-state index in [0.717, 1.165) is 38.5 Å².